The van der Waals surface area contributed by atoms with Crippen LogP contribution in [0.15, 0.2) is 42.7 Å². The van der Waals surface area contributed by atoms with Crippen molar-refractivity contribution in [3.63, 3.8) is 0 Å². The van der Waals surface area contributed by atoms with Gasteiger partial charge in [-0.1, -0.05) is 12.1 Å². The van der Waals surface area contributed by atoms with E-state index in [9.17, 15) is 20.1 Å². The van der Waals surface area contributed by atoms with E-state index in [1.165, 1.54) is 12.8 Å². The highest BCUT2D eigenvalue weighted by Gasteiger charge is 2.75. The van der Waals surface area contributed by atoms with E-state index in [0.717, 1.165) is 29.8 Å². The molecule has 3 aliphatic carbocycles. The van der Waals surface area contributed by atoms with E-state index in [-0.39, 0.29) is 17.7 Å². The number of aromatic nitrogens is 1. The lowest BCUT2D eigenvalue weighted by molar-refractivity contribution is -0.223. The normalized spacial score (nSPS) is 35.8. The highest BCUT2D eigenvalue weighted by Crippen LogP contribution is 2.67. The van der Waals surface area contributed by atoms with E-state index in [0.29, 0.717) is 30.9 Å². The summed E-state index contributed by atoms with van der Waals surface area (Å²) in [7, 11) is 1.78. The van der Waals surface area contributed by atoms with E-state index < -0.39 is 29.3 Å². The molecule has 5 aliphatic rings. The molecule has 3 fully saturated rings. The number of likely N-dealkylation sites (tertiary alicyclic amines) is 1. The summed E-state index contributed by atoms with van der Waals surface area (Å²) in [5, 5.41) is 35.0. The van der Waals surface area contributed by atoms with Crippen LogP contribution in [-0.2, 0) is 10.2 Å². The van der Waals surface area contributed by atoms with Gasteiger partial charge in [0.05, 0.1) is 29.2 Å². The van der Waals surface area contributed by atoms with Gasteiger partial charge >= 0.3 is 0 Å². The van der Waals surface area contributed by atoms with Gasteiger partial charge in [0.15, 0.2) is 11.5 Å². The standard InChI is InChI=1S/C29H33N3O5/c1-31(22(34)9-6-17-3-2-13-30-15-17)20-10-11-29(36)26-24(35)19-7-8-21(33)25-23(19)28(29,27(20)37-25)12-14-32(26)16-18-4-5-18/h2-3,6-9,13,15,18,20,24,26-27,33,35-36H,4-5,10-12,14,16H2,1H3/b9-6+/t20-,24+,26-,27+,28+,29-/m1/s1. The summed E-state index contributed by atoms with van der Waals surface area (Å²) in [5.74, 6) is 0.843. The third-order valence-electron chi connectivity index (χ3n) is 9.72. The average molecular weight is 504 g/mol. The Labute approximate surface area is 216 Å². The number of benzene rings is 1. The fraction of sp³-hybridized carbons (Fsp3) is 0.517. The number of carbonyl (C=O) groups excluding carboxylic acids is 1. The molecule has 1 saturated heterocycles. The monoisotopic (exact) mass is 503 g/mol. The molecule has 0 radical (unpaired) electrons. The van der Waals surface area contributed by atoms with Crippen molar-refractivity contribution in [3.8, 4) is 11.5 Å². The lowest BCUT2D eigenvalue weighted by Gasteiger charge is -2.65. The predicted octanol–water partition coefficient (Wildman–Crippen LogP) is 2.38. The number of amides is 1. The summed E-state index contributed by atoms with van der Waals surface area (Å²) >= 11 is 0. The summed E-state index contributed by atoms with van der Waals surface area (Å²) in [6.45, 7) is 1.62. The zero-order chi connectivity index (χ0) is 25.5. The van der Waals surface area contributed by atoms with Crippen LogP contribution in [0.1, 0.15) is 54.9 Å². The van der Waals surface area contributed by atoms with Crippen molar-refractivity contribution in [1.82, 2.24) is 14.8 Å². The van der Waals surface area contributed by atoms with Gasteiger partial charge in [0, 0.05) is 37.6 Å². The number of nitrogens with zero attached hydrogens (tertiary/aromatic N) is 3. The number of pyridine rings is 1. The molecule has 2 aromatic rings. The Hall–Kier alpha value is -2.94. The molecule has 8 nitrogen and oxygen atoms in total. The Morgan fingerprint density at radius 2 is 2.11 bits per heavy atom. The zero-order valence-corrected chi connectivity index (χ0v) is 21.0. The average Bonchev–Trinajstić information content (AvgIpc) is 3.64. The summed E-state index contributed by atoms with van der Waals surface area (Å²) in [6.07, 6.45) is 9.33. The molecule has 3 N–H and O–H groups in total. The molecule has 2 saturated carbocycles. The fourth-order valence-electron chi connectivity index (χ4n) is 7.84. The topological polar surface area (TPSA) is 106 Å². The van der Waals surface area contributed by atoms with Gasteiger partial charge in [-0.15, -0.1) is 0 Å². The third-order valence-corrected chi connectivity index (χ3v) is 9.72. The van der Waals surface area contributed by atoms with Crippen molar-refractivity contribution in [2.45, 2.75) is 67.4 Å². The number of phenolic OH excluding ortho intramolecular Hbond substituents is 1. The van der Waals surface area contributed by atoms with Crippen LogP contribution in [0.25, 0.3) is 6.08 Å². The first-order valence-electron chi connectivity index (χ1n) is 13.4. The highest BCUT2D eigenvalue weighted by atomic mass is 16.5. The number of phenols is 1. The van der Waals surface area contributed by atoms with Crippen LogP contribution in [0.2, 0.25) is 0 Å². The Balaban J connectivity index is 1.28. The molecule has 0 unspecified atom stereocenters. The van der Waals surface area contributed by atoms with E-state index in [4.69, 9.17) is 4.74 Å². The van der Waals surface area contributed by atoms with Crippen LogP contribution < -0.4 is 4.74 Å². The van der Waals surface area contributed by atoms with Crippen LogP contribution in [0.4, 0.5) is 0 Å². The van der Waals surface area contributed by atoms with Crippen molar-refractivity contribution in [2.24, 2.45) is 5.92 Å². The van der Waals surface area contributed by atoms with E-state index >= 15 is 0 Å². The number of rotatable bonds is 5. The zero-order valence-electron chi connectivity index (χ0n) is 21.0. The summed E-state index contributed by atoms with van der Waals surface area (Å²) in [6, 6.07) is 6.35. The minimum absolute atomic E-state index is 0.0140. The molecule has 1 aromatic carbocycles. The molecular weight excluding hydrogens is 470 g/mol. The second kappa shape index (κ2) is 8.03. The lowest BCUT2D eigenvalue weighted by atomic mass is 9.47. The number of ether oxygens (including phenoxy) is 1. The Morgan fingerprint density at radius 3 is 2.86 bits per heavy atom. The molecular formula is C29H33N3O5. The van der Waals surface area contributed by atoms with Crippen LogP contribution in [0.3, 0.4) is 0 Å². The van der Waals surface area contributed by atoms with Gasteiger partial charge in [-0.3, -0.25) is 14.7 Å². The summed E-state index contributed by atoms with van der Waals surface area (Å²) in [4.78, 5) is 21.4. The van der Waals surface area contributed by atoms with E-state index in [1.807, 2.05) is 12.1 Å². The maximum atomic E-state index is 13.3. The van der Waals surface area contributed by atoms with Crippen LogP contribution in [0, 0.1) is 5.92 Å². The van der Waals surface area contributed by atoms with Gasteiger partial charge < -0.3 is 25.0 Å². The second-order valence-electron chi connectivity index (χ2n) is 11.6. The third kappa shape index (κ3) is 3.12. The predicted molar refractivity (Wildman–Crippen MR) is 136 cm³/mol. The molecule has 7 rings (SSSR count). The second-order valence-corrected chi connectivity index (χ2v) is 11.6. The molecule has 2 aliphatic heterocycles. The Kier molecular flexibility index (Phi) is 5.03. The smallest absolute Gasteiger partial charge is 0.246 e. The van der Waals surface area contributed by atoms with Crippen LogP contribution in [0.5, 0.6) is 11.5 Å². The molecule has 1 amide bonds. The maximum Gasteiger partial charge on any atom is 0.246 e. The first kappa shape index (κ1) is 23.2. The molecule has 1 aromatic heterocycles. The van der Waals surface area contributed by atoms with Gasteiger partial charge in [-0.2, -0.15) is 0 Å². The van der Waals surface area contributed by atoms with Crippen LogP contribution >= 0.6 is 0 Å². The number of aliphatic hydroxyl groups is 2. The number of aromatic hydroxyl groups is 1. The van der Waals surface area contributed by atoms with Crippen molar-refractivity contribution < 1.29 is 24.9 Å². The molecule has 194 valence electrons. The van der Waals surface area contributed by atoms with E-state index in [2.05, 4.69) is 9.88 Å². The fourth-order valence-corrected chi connectivity index (χ4v) is 7.84. The number of piperidine rings is 1. The highest BCUT2D eigenvalue weighted by molar-refractivity contribution is 5.92. The molecule has 8 heteroatoms. The number of hydrogen-bond acceptors (Lipinski definition) is 7. The largest absolute Gasteiger partial charge is 0.504 e. The van der Waals surface area contributed by atoms with Crippen molar-refractivity contribution in [3.05, 3.63) is 59.4 Å². The lowest BCUT2D eigenvalue weighted by Crippen LogP contribution is -2.79. The minimum Gasteiger partial charge on any atom is -0.504 e. The molecule has 37 heavy (non-hydrogen) atoms. The van der Waals surface area contributed by atoms with Crippen LogP contribution in [-0.4, -0.2) is 79.9 Å². The summed E-state index contributed by atoms with van der Waals surface area (Å²) < 4.78 is 6.53. The molecule has 2 bridgehead atoms. The summed E-state index contributed by atoms with van der Waals surface area (Å²) in [5.41, 5.74) is 0.294. The Bertz CT molecular complexity index is 1280. The number of carbonyl (C=O) groups is 1. The van der Waals surface area contributed by atoms with Crippen molar-refractivity contribution in [1.29, 1.82) is 0 Å². The molecule has 3 heterocycles. The molecule has 6 atom stereocenters. The SMILES string of the molecule is CN(C(=O)/C=C/c1cccnc1)[C@@H]1CC[C@@]2(O)[C@H]3[C@@H](O)c4ccc(O)c5c4[C@@]2(CCN3CC2CC2)[C@H]1O5. The van der Waals surface area contributed by atoms with Gasteiger partial charge in [0.25, 0.3) is 0 Å². The first-order chi connectivity index (χ1) is 17.8. The number of likely N-dealkylation sites (N-methyl/N-ethyl adjacent to an activating group) is 1. The minimum atomic E-state index is -1.22. The Morgan fingerprint density at radius 1 is 1.27 bits per heavy atom. The van der Waals surface area contributed by atoms with Gasteiger partial charge in [-0.05, 0) is 73.9 Å². The number of aliphatic hydroxyl groups excluding tert-OH is 1. The van der Waals surface area contributed by atoms with Crippen molar-refractivity contribution in [2.75, 3.05) is 20.1 Å². The quantitative estimate of drug-likeness (QED) is 0.538. The van der Waals surface area contributed by atoms with Gasteiger partial charge in [0.1, 0.15) is 6.10 Å². The van der Waals surface area contributed by atoms with Gasteiger partial charge in [-0.25, -0.2) is 0 Å². The van der Waals surface area contributed by atoms with E-state index in [1.54, 1.807) is 48.6 Å². The number of hydrogen-bond donors (Lipinski definition) is 3. The van der Waals surface area contributed by atoms with Crippen molar-refractivity contribution >= 4 is 12.0 Å². The first-order valence-corrected chi connectivity index (χ1v) is 13.4. The van der Waals surface area contributed by atoms with Gasteiger partial charge in [0.2, 0.25) is 5.91 Å². The molecule has 1 spiro atoms. The maximum absolute atomic E-state index is 13.3.